The van der Waals surface area contributed by atoms with Crippen LogP contribution in [0.2, 0.25) is 0 Å². The Morgan fingerprint density at radius 3 is 2.87 bits per heavy atom. The molecule has 1 spiro atoms. The molecule has 0 amide bonds. The van der Waals surface area contributed by atoms with Gasteiger partial charge in [0.2, 0.25) is 0 Å². The molecule has 4 aliphatic carbocycles. The minimum Gasteiger partial charge on any atom is -0.481 e. The SMILES string of the molecule is C=C1C[C@]23CC1CCC2[C@@]12CCC[C@@](C)(C(=O)O1)[C@H]2C3C(=O)O. The van der Waals surface area contributed by atoms with Gasteiger partial charge < -0.3 is 9.84 Å². The topological polar surface area (TPSA) is 63.6 Å². The molecule has 4 heteroatoms. The first-order chi connectivity index (χ1) is 10.9. The van der Waals surface area contributed by atoms with Gasteiger partial charge in [0, 0.05) is 11.8 Å². The monoisotopic (exact) mass is 316 g/mol. The van der Waals surface area contributed by atoms with Crippen molar-refractivity contribution in [2.75, 3.05) is 0 Å². The van der Waals surface area contributed by atoms with E-state index in [0.717, 1.165) is 44.9 Å². The Hall–Kier alpha value is -1.32. The van der Waals surface area contributed by atoms with E-state index in [4.69, 9.17) is 4.74 Å². The van der Waals surface area contributed by atoms with Gasteiger partial charge in [0.15, 0.2) is 0 Å². The lowest BCUT2D eigenvalue weighted by molar-refractivity contribution is -0.160. The largest absolute Gasteiger partial charge is 0.481 e. The average molecular weight is 316 g/mol. The van der Waals surface area contributed by atoms with Crippen LogP contribution in [0.25, 0.3) is 0 Å². The maximum absolute atomic E-state index is 12.7. The fourth-order valence-electron chi connectivity index (χ4n) is 7.70. The highest BCUT2D eigenvalue weighted by atomic mass is 16.6. The zero-order chi connectivity index (χ0) is 16.2. The Kier molecular flexibility index (Phi) is 2.35. The molecular weight excluding hydrogens is 292 g/mol. The van der Waals surface area contributed by atoms with Crippen molar-refractivity contribution in [2.24, 2.45) is 34.5 Å². The van der Waals surface area contributed by atoms with Crippen LogP contribution in [-0.4, -0.2) is 22.6 Å². The molecule has 5 fully saturated rings. The van der Waals surface area contributed by atoms with Crippen molar-refractivity contribution in [2.45, 2.75) is 57.5 Å². The zero-order valence-corrected chi connectivity index (χ0v) is 13.6. The van der Waals surface area contributed by atoms with Gasteiger partial charge in [-0.25, -0.2) is 0 Å². The highest BCUT2D eigenvalue weighted by Gasteiger charge is 2.81. The van der Waals surface area contributed by atoms with E-state index < -0.39 is 22.9 Å². The van der Waals surface area contributed by atoms with Crippen LogP contribution >= 0.6 is 0 Å². The standard InChI is InChI=1S/C19H24O4/c1-10-8-18-9-11(10)4-5-12(18)19-7-3-6-17(2,16(22)23-19)14(19)13(18)15(20)21/h11-14H,1,3-9H2,2H3,(H,20,21)/t11?,12?,13?,14-,17-,18+,19-/m1/s1. The molecule has 4 nitrogen and oxygen atoms in total. The van der Waals surface area contributed by atoms with Crippen molar-refractivity contribution >= 4 is 11.9 Å². The number of ether oxygens (including phenoxy) is 1. The fourth-order valence-corrected chi connectivity index (χ4v) is 7.70. The highest BCUT2D eigenvalue weighted by molar-refractivity contribution is 5.84. The summed E-state index contributed by atoms with van der Waals surface area (Å²) in [5.41, 5.74) is -0.0978. The lowest BCUT2D eigenvalue weighted by Crippen LogP contribution is -2.47. The number of carboxylic acid groups (broad SMARTS) is 1. The van der Waals surface area contributed by atoms with E-state index in [1.54, 1.807) is 0 Å². The van der Waals surface area contributed by atoms with Gasteiger partial charge in [-0.05, 0) is 63.2 Å². The summed E-state index contributed by atoms with van der Waals surface area (Å²) in [5.74, 6) is -0.771. The lowest BCUT2D eigenvalue weighted by Gasteiger charge is -2.43. The highest BCUT2D eigenvalue weighted by Crippen LogP contribution is 2.77. The smallest absolute Gasteiger partial charge is 0.312 e. The molecule has 3 unspecified atom stereocenters. The first-order valence-electron chi connectivity index (χ1n) is 8.99. The van der Waals surface area contributed by atoms with E-state index in [2.05, 4.69) is 6.58 Å². The number of hydrogen-bond acceptors (Lipinski definition) is 3. The Balaban J connectivity index is 1.75. The predicted molar refractivity (Wildman–Crippen MR) is 82.4 cm³/mol. The molecule has 5 aliphatic rings. The van der Waals surface area contributed by atoms with Crippen molar-refractivity contribution in [3.05, 3.63) is 12.2 Å². The van der Waals surface area contributed by atoms with E-state index in [0.29, 0.717) is 5.92 Å². The molecule has 4 saturated carbocycles. The van der Waals surface area contributed by atoms with Crippen LogP contribution in [0.3, 0.4) is 0 Å². The molecule has 1 saturated heterocycles. The number of aliphatic carboxylic acids is 1. The summed E-state index contributed by atoms with van der Waals surface area (Å²) < 4.78 is 6.10. The normalized spacial score (nSPS) is 56.2. The maximum atomic E-state index is 12.7. The van der Waals surface area contributed by atoms with Gasteiger partial charge in [0.25, 0.3) is 0 Å². The van der Waals surface area contributed by atoms with Crippen molar-refractivity contribution < 1.29 is 19.4 Å². The van der Waals surface area contributed by atoms with E-state index in [9.17, 15) is 14.7 Å². The minimum atomic E-state index is -0.719. The third-order valence-corrected chi connectivity index (χ3v) is 8.29. The molecule has 1 aliphatic heterocycles. The molecular formula is C19H24O4. The molecule has 0 aromatic carbocycles. The number of esters is 1. The van der Waals surface area contributed by atoms with Crippen LogP contribution < -0.4 is 0 Å². The van der Waals surface area contributed by atoms with E-state index in [1.807, 2.05) is 6.92 Å². The number of rotatable bonds is 1. The van der Waals surface area contributed by atoms with Crippen molar-refractivity contribution in [3.8, 4) is 0 Å². The van der Waals surface area contributed by atoms with Crippen molar-refractivity contribution in [3.63, 3.8) is 0 Å². The molecule has 4 bridgehead atoms. The van der Waals surface area contributed by atoms with Crippen molar-refractivity contribution in [1.82, 2.24) is 0 Å². The summed E-state index contributed by atoms with van der Waals surface area (Å²) in [6.45, 7) is 6.22. The quantitative estimate of drug-likeness (QED) is 0.596. The summed E-state index contributed by atoms with van der Waals surface area (Å²) in [7, 11) is 0. The van der Waals surface area contributed by atoms with Gasteiger partial charge in [0.1, 0.15) is 5.60 Å². The van der Waals surface area contributed by atoms with E-state index in [1.165, 1.54) is 5.57 Å². The van der Waals surface area contributed by atoms with Crippen LogP contribution in [0.15, 0.2) is 12.2 Å². The summed E-state index contributed by atoms with van der Waals surface area (Å²) in [4.78, 5) is 25.0. The summed E-state index contributed by atoms with van der Waals surface area (Å²) >= 11 is 0. The van der Waals surface area contributed by atoms with Gasteiger partial charge >= 0.3 is 11.9 Å². The lowest BCUT2D eigenvalue weighted by atomic mass is 9.60. The first kappa shape index (κ1) is 14.1. The zero-order valence-electron chi connectivity index (χ0n) is 13.6. The average Bonchev–Trinajstić information content (AvgIpc) is 2.92. The number of hydrogen-bond donors (Lipinski definition) is 1. The van der Waals surface area contributed by atoms with Crippen LogP contribution in [-0.2, 0) is 14.3 Å². The van der Waals surface area contributed by atoms with Crippen LogP contribution in [0.4, 0.5) is 0 Å². The second-order valence-corrected chi connectivity index (χ2v) is 9.01. The van der Waals surface area contributed by atoms with Gasteiger partial charge in [-0.2, -0.15) is 0 Å². The molecule has 7 atom stereocenters. The Labute approximate surface area is 136 Å². The van der Waals surface area contributed by atoms with Crippen LogP contribution in [0, 0.1) is 34.5 Å². The number of carbonyl (C=O) groups excluding carboxylic acids is 1. The number of allylic oxidation sites excluding steroid dienone is 1. The minimum absolute atomic E-state index is 0.139. The van der Waals surface area contributed by atoms with E-state index >= 15 is 0 Å². The summed E-state index contributed by atoms with van der Waals surface area (Å²) in [5, 5.41) is 10.2. The number of fused-ring (bicyclic) bond motifs is 1. The first-order valence-corrected chi connectivity index (χ1v) is 8.99. The van der Waals surface area contributed by atoms with Gasteiger partial charge in [-0.15, -0.1) is 0 Å². The molecule has 0 radical (unpaired) electrons. The Morgan fingerprint density at radius 1 is 1.35 bits per heavy atom. The Morgan fingerprint density at radius 2 is 2.13 bits per heavy atom. The van der Waals surface area contributed by atoms with E-state index in [-0.39, 0.29) is 23.2 Å². The third-order valence-electron chi connectivity index (χ3n) is 8.29. The maximum Gasteiger partial charge on any atom is 0.312 e. The van der Waals surface area contributed by atoms with Crippen molar-refractivity contribution in [1.29, 1.82) is 0 Å². The fraction of sp³-hybridized carbons (Fsp3) is 0.789. The molecule has 124 valence electrons. The summed E-state index contributed by atoms with van der Waals surface area (Å²) in [6.07, 6.45) is 6.45. The van der Waals surface area contributed by atoms with Crippen LogP contribution in [0.1, 0.15) is 51.9 Å². The molecule has 0 aromatic rings. The summed E-state index contributed by atoms with van der Waals surface area (Å²) in [6, 6.07) is 0. The van der Waals surface area contributed by atoms with Gasteiger partial charge in [0.05, 0.1) is 11.3 Å². The van der Waals surface area contributed by atoms with Gasteiger partial charge in [-0.3, -0.25) is 9.59 Å². The third kappa shape index (κ3) is 1.29. The predicted octanol–water partition coefficient (Wildman–Crippen LogP) is 3.17. The molecule has 1 N–H and O–H groups in total. The number of carbonyl (C=O) groups is 2. The molecule has 5 rings (SSSR count). The van der Waals surface area contributed by atoms with Gasteiger partial charge in [-0.1, -0.05) is 12.2 Å². The second-order valence-electron chi connectivity index (χ2n) is 9.01. The Bertz CT molecular complexity index is 654. The van der Waals surface area contributed by atoms with Crippen LogP contribution in [0.5, 0.6) is 0 Å². The second kappa shape index (κ2) is 3.84. The molecule has 23 heavy (non-hydrogen) atoms. The molecule has 0 aromatic heterocycles. The molecule has 1 heterocycles. The number of carboxylic acids is 1.